The number of aromatic nitrogens is 3. The first-order valence-corrected chi connectivity index (χ1v) is 10.4. The van der Waals surface area contributed by atoms with Crippen molar-refractivity contribution in [3.8, 4) is 0 Å². The Labute approximate surface area is 164 Å². The molecule has 26 heavy (non-hydrogen) atoms. The molecule has 0 saturated carbocycles. The number of rotatable bonds is 6. The lowest BCUT2D eigenvalue weighted by Gasteiger charge is -2.13. The number of hydrogen-bond donors (Lipinski definition) is 2. The van der Waals surface area contributed by atoms with Gasteiger partial charge in [-0.1, -0.05) is 6.42 Å². The van der Waals surface area contributed by atoms with Crippen molar-refractivity contribution in [2.45, 2.75) is 51.6 Å². The van der Waals surface area contributed by atoms with Crippen LogP contribution in [0, 0.1) is 0 Å². The summed E-state index contributed by atoms with van der Waals surface area (Å²) in [7, 11) is 0. The Morgan fingerprint density at radius 3 is 2.92 bits per heavy atom. The zero-order valence-corrected chi connectivity index (χ0v) is 17.0. The molecule has 3 rings (SSSR count). The molecule has 3 heterocycles. The molecule has 0 saturated heterocycles. The van der Waals surface area contributed by atoms with Crippen molar-refractivity contribution < 1.29 is 9.59 Å². The zero-order chi connectivity index (χ0) is 18.5. The van der Waals surface area contributed by atoms with Gasteiger partial charge in [0.05, 0.1) is 8.66 Å². The molecule has 2 aromatic rings. The Bertz CT molecular complexity index is 788. The maximum Gasteiger partial charge on any atom is 0.262 e. The lowest BCUT2D eigenvalue weighted by molar-refractivity contribution is -0.122. The van der Waals surface area contributed by atoms with Crippen molar-refractivity contribution in [1.82, 2.24) is 25.4 Å². The molecular weight excluding hydrogens is 418 g/mol. The summed E-state index contributed by atoms with van der Waals surface area (Å²) in [6.07, 6.45) is 5.13. The largest absolute Gasteiger partial charge is 0.354 e. The number of halogens is 1. The van der Waals surface area contributed by atoms with Gasteiger partial charge in [0, 0.05) is 25.9 Å². The molecule has 0 radical (unpaired) electrons. The first-order chi connectivity index (χ1) is 12.5. The minimum absolute atomic E-state index is 0.204. The van der Waals surface area contributed by atoms with Crippen molar-refractivity contribution in [2.24, 2.45) is 0 Å². The van der Waals surface area contributed by atoms with Gasteiger partial charge < -0.3 is 15.2 Å². The van der Waals surface area contributed by atoms with Gasteiger partial charge in [-0.15, -0.1) is 21.5 Å². The Morgan fingerprint density at radius 1 is 1.31 bits per heavy atom. The third-order valence-electron chi connectivity index (χ3n) is 4.37. The normalized spacial score (nSPS) is 15.0. The van der Waals surface area contributed by atoms with Crippen molar-refractivity contribution in [3.05, 3.63) is 32.4 Å². The highest BCUT2D eigenvalue weighted by Gasteiger charge is 2.18. The molecule has 140 valence electrons. The number of carbonyl (C=O) groups excluding carboxylic acids is 2. The quantitative estimate of drug-likeness (QED) is 0.722. The number of aryl methyl sites for hydroxylation is 1. The van der Waals surface area contributed by atoms with E-state index in [-0.39, 0.29) is 11.8 Å². The number of thiophene rings is 1. The van der Waals surface area contributed by atoms with Crippen LogP contribution >= 0.6 is 27.3 Å². The Hall–Kier alpha value is -1.74. The average Bonchev–Trinajstić information content (AvgIpc) is 3.14. The Balaban J connectivity index is 1.46. The van der Waals surface area contributed by atoms with Crippen molar-refractivity contribution in [2.75, 3.05) is 6.54 Å². The van der Waals surface area contributed by atoms with Crippen LogP contribution in [0.15, 0.2) is 15.9 Å². The number of carbonyl (C=O) groups is 2. The van der Waals surface area contributed by atoms with E-state index in [1.54, 1.807) is 13.0 Å². The molecular formula is C17H22BrN5O2S. The third-order valence-corrected chi connectivity index (χ3v) is 5.99. The van der Waals surface area contributed by atoms with Gasteiger partial charge in [-0.2, -0.15) is 0 Å². The van der Waals surface area contributed by atoms with E-state index in [2.05, 4.69) is 41.3 Å². The van der Waals surface area contributed by atoms with Crippen LogP contribution in [0.5, 0.6) is 0 Å². The van der Waals surface area contributed by atoms with E-state index in [0.717, 1.165) is 41.2 Å². The summed E-state index contributed by atoms with van der Waals surface area (Å²) in [5, 5.41) is 14.1. The maximum atomic E-state index is 12.2. The van der Waals surface area contributed by atoms with Crippen LogP contribution in [0.3, 0.4) is 0 Å². The van der Waals surface area contributed by atoms with Crippen LogP contribution < -0.4 is 10.6 Å². The highest BCUT2D eigenvalue weighted by atomic mass is 79.9. The molecule has 7 nitrogen and oxygen atoms in total. The first-order valence-electron chi connectivity index (χ1n) is 8.79. The standard InChI is InChI=1S/C17H22BrN5O2S/c1-11(20-17(25)12-6-7-13(18)26-12)16(24)19-9-8-15-22-21-14-5-3-2-4-10-23(14)15/h6-7,11H,2-5,8-10H2,1H3,(H,19,24)(H,20,25). The van der Waals surface area contributed by atoms with Gasteiger partial charge in [0.2, 0.25) is 5.91 Å². The molecule has 2 N–H and O–H groups in total. The smallest absolute Gasteiger partial charge is 0.262 e. The van der Waals surface area contributed by atoms with Crippen LogP contribution in [-0.4, -0.2) is 39.2 Å². The summed E-state index contributed by atoms with van der Waals surface area (Å²) in [6, 6.07) is 2.94. The molecule has 1 atom stereocenters. The van der Waals surface area contributed by atoms with E-state index >= 15 is 0 Å². The van der Waals surface area contributed by atoms with Crippen LogP contribution in [0.4, 0.5) is 0 Å². The molecule has 2 amide bonds. The predicted molar refractivity (Wildman–Crippen MR) is 103 cm³/mol. The fraction of sp³-hybridized carbons (Fsp3) is 0.529. The highest BCUT2D eigenvalue weighted by molar-refractivity contribution is 9.11. The monoisotopic (exact) mass is 439 g/mol. The molecule has 1 aliphatic heterocycles. The average molecular weight is 440 g/mol. The molecule has 0 aliphatic carbocycles. The maximum absolute atomic E-state index is 12.2. The van der Waals surface area contributed by atoms with Crippen LogP contribution in [-0.2, 0) is 24.2 Å². The molecule has 0 aromatic carbocycles. The number of nitrogens with one attached hydrogen (secondary N) is 2. The van der Waals surface area contributed by atoms with Crippen LogP contribution in [0.1, 0.15) is 47.5 Å². The number of amides is 2. The zero-order valence-electron chi connectivity index (χ0n) is 14.6. The van der Waals surface area contributed by atoms with Crippen molar-refractivity contribution in [1.29, 1.82) is 0 Å². The summed E-state index contributed by atoms with van der Waals surface area (Å²) in [6.45, 7) is 3.11. The SMILES string of the molecule is CC(NC(=O)c1ccc(Br)s1)C(=O)NCCc1nnc2n1CCCCC2. The fourth-order valence-electron chi connectivity index (χ4n) is 2.95. The molecule has 0 spiro atoms. The minimum atomic E-state index is -0.598. The molecule has 9 heteroatoms. The summed E-state index contributed by atoms with van der Waals surface area (Å²) < 4.78 is 3.06. The van der Waals surface area contributed by atoms with E-state index < -0.39 is 6.04 Å². The van der Waals surface area contributed by atoms with Gasteiger partial charge in [-0.25, -0.2) is 0 Å². The van der Waals surface area contributed by atoms with E-state index in [0.29, 0.717) is 17.8 Å². The number of fused-ring (bicyclic) bond motifs is 1. The van der Waals surface area contributed by atoms with Gasteiger partial charge in [-0.3, -0.25) is 9.59 Å². The molecule has 1 unspecified atom stereocenters. The Kier molecular flexibility index (Phi) is 6.42. The van der Waals surface area contributed by atoms with Crippen LogP contribution in [0.25, 0.3) is 0 Å². The number of hydrogen-bond acceptors (Lipinski definition) is 5. The van der Waals surface area contributed by atoms with Crippen molar-refractivity contribution in [3.63, 3.8) is 0 Å². The van der Waals surface area contributed by atoms with Gasteiger partial charge in [0.25, 0.3) is 5.91 Å². The molecule has 2 aromatic heterocycles. The topological polar surface area (TPSA) is 88.9 Å². The van der Waals surface area contributed by atoms with E-state index in [1.165, 1.54) is 17.8 Å². The first kappa shape index (κ1) is 19.0. The number of nitrogens with zero attached hydrogens (tertiary/aromatic N) is 3. The van der Waals surface area contributed by atoms with Crippen molar-refractivity contribution >= 4 is 39.1 Å². The fourth-order valence-corrected chi connectivity index (χ4v) is 4.24. The lowest BCUT2D eigenvalue weighted by atomic mass is 10.2. The second-order valence-electron chi connectivity index (χ2n) is 6.33. The summed E-state index contributed by atoms with van der Waals surface area (Å²) in [4.78, 5) is 24.9. The minimum Gasteiger partial charge on any atom is -0.354 e. The second-order valence-corrected chi connectivity index (χ2v) is 8.80. The second kappa shape index (κ2) is 8.77. The lowest BCUT2D eigenvalue weighted by Crippen LogP contribution is -2.45. The Morgan fingerprint density at radius 2 is 2.15 bits per heavy atom. The highest BCUT2D eigenvalue weighted by Crippen LogP contribution is 2.21. The van der Waals surface area contributed by atoms with Gasteiger partial charge in [0.1, 0.15) is 17.7 Å². The summed E-state index contributed by atoms with van der Waals surface area (Å²) >= 11 is 4.66. The van der Waals surface area contributed by atoms with Crippen LogP contribution in [0.2, 0.25) is 0 Å². The molecule has 1 aliphatic rings. The van der Waals surface area contributed by atoms with Gasteiger partial charge in [0.15, 0.2) is 0 Å². The van der Waals surface area contributed by atoms with Gasteiger partial charge in [-0.05, 0) is 47.8 Å². The summed E-state index contributed by atoms with van der Waals surface area (Å²) in [5.41, 5.74) is 0. The predicted octanol–water partition coefficient (Wildman–Crippen LogP) is 2.31. The van der Waals surface area contributed by atoms with E-state index in [1.807, 2.05) is 6.07 Å². The van der Waals surface area contributed by atoms with E-state index in [4.69, 9.17) is 0 Å². The van der Waals surface area contributed by atoms with Gasteiger partial charge >= 0.3 is 0 Å². The summed E-state index contributed by atoms with van der Waals surface area (Å²) in [5.74, 6) is 1.52. The molecule has 0 fully saturated rings. The van der Waals surface area contributed by atoms with E-state index in [9.17, 15) is 9.59 Å². The third kappa shape index (κ3) is 4.70. The molecule has 0 bridgehead atoms.